The fourth-order valence-electron chi connectivity index (χ4n) is 4.48. The molecule has 0 saturated carbocycles. The van der Waals surface area contributed by atoms with Gasteiger partial charge in [0.1, 0.15) is 12.4 Å². The Kier molecular flexibility index (Phi) is 13.3. The quantitative estimate of drug-likeness (QED) is 0.176. The van der Waals surface area contributed by atoms with E-state index >= 15 is 0 Å². The first-order valence-electron chi connectivity index (χ1n) is 13.0. The summed E-state index contributed by atoms with van der Waals surface area (Å²) in [7, 11) is 0. The van der Waals surface area contributed by atoms with Gasteiger partial charge in [-0.25, -0.2) is 9.13 Å². The second-order valence-corrected chi connectivity index (χ2v) is 8.98. The smallest absolute Gasteiger partial charge is 0.234 e. The molecule has 0 fully saturated rings. The normalized spacial score (nSPS) is 11.3. The number of hydrogen-bond acceptors (Lipinski definition) is 0. The van der Waals surface area contributed by atoms with Crippen LogP contribution in [0, 0.1) is 0 Å². The Morgan fingerprint density at radius 3 is 1.93 bits per heavy atom. The number of imidazole rings is 1. The fraction of sp³-hybridized carbons (Fsp3) is 0.679. The third kappa shape index (κ3) is 9.96. The summed E-state index contributed by atoms with van der Waals surface area (Å²) in [6.45, 7) is 6.87. The van der Waals surface area contributed by atoms with Crippen molar-refractivity contribution < 1.29 is 4.57 Å². The molecule has 2 rings (SSSR count). The molecule has 0 bridgehead atoms. The van der Waals surface area contributed by atoms with Crippen molar-refractivity contribution in [1.29, 1.82) is 0 Å². The minimum Gasteiger partial charge on any atom is -0.234 e. The molecule has 168 valence electrons. The van der Waals surface area contributed by atoms with Gasteiger partial charge in [0.25, 0.3) is 5.82 Å². The lowest BCUT2D eigenvalue weighted by atomic mass is 10.1. The molecule has 0 radical (unpaired) electrons. The molecule has 0 amide bonds. The van der Waals surface area contributed by atoms with Crippen molar-refractivity contribution in [1.82, 2.24) is 4.57 Å². The van der Waals surface area contributed by atoms with Crippen LogP contribution >= 0.6 is 0 Å². The van der Waals surface area contributed by atoms with E-state index in [0.29, 0.717) is 0 Å². The molecule has 0 saturated heterocycles. The molecular formula is C28H47N2+. The van der Waals surface area contributed by atoms with Crippen molar-refractivity contribution in [2.75, 3.05) is 0 Å². The molecule has 0 spiro atoms. The van der Waals surface area contributed by atoms with E-state index in [0.717, 1.165) is 13.1 Å². The molecule has 1 aromatic heterocycles. The molecule has 2 nitrogen and oxygen atoms in total. The van der Waals surface area contributed by atoms with Gasteiger partial charge >= 0.3 is 0 Å². The van der Waals surface area contributed by atoms with E-state index in [1.807, 2.05) is 0 Å². The highest BCUT2D eigenvalue weighted by Crippen LogP contribution is 2.13. The van der Waals surface area contributed by atoms with Crippen LogP contribution in [0.3, 0.4) is 0 Å². The Morgan fingerprint density at radius 1 is 0.667 bits per heavy atom. The fourth-order valence-corrected chi connectivity index (χ4v) is 4.48. The maximum Gasteiger partial charge on any atom is 0.256 e. The molecular weight excluding hydrogens is 364 g/mol. The summed E-state index contributed by atoms with van der Waals surface area (Å²) < 4.78 is 5.02. The monoisotopic (exact) mass is 411 g/mol. The lowest BCUT2D eigenvalue weighted by Gasteiger charge is -2.06. The summed E-state index contributed by atoms with van der Waals surface area (Å²) in [6.07, 6.45) is 25.0. The molecule has 30 heavy (non-hydrogen) atoms. The highest BCUT2D eigenvalue weighted by molar-refractivity contribution is 5.14. The minimum atomic E-state index is 1.14. The number of hydrogen-bond donors (Lipinski definition) is 0. The summed E-state index contributed by atoms with van der Waals surface area (Å²) in [5.74, 6) is 1.54. The molecule has 0 aliphatic heterocycles. The zero-order valence-corrected chi connectivity index (χ0v) is 20.0. The largest absolute Gasteiger partial charge is 0.256 e. The average molecular weight is 412 g/mol. The zero-order valence-electron chi connectivity index (χ0n) is 20.0. The summed E-state index contributed by atoms with van der Waals surface area (Å²) in [6, 6.07) is 10.9. The maximum atomic E-state index is 2.52. The van der Waals surface area contributed by atoms with E-state index in [9.17, 15) is 0 Å². The van der Waals surface area contributed by atoms with Gasteiger partial charge in [0, 0.05) is 6.42 Å². The lowest BCUT2D eigenvalue weighted by molar-refractivity contribution is -0.704. The van der Waals surface area contributed by atoms with Crippen LogP contribution in [-0.2, 0) is 25.9 Å². The van der Waals surface area contributed by atoms with Crippen LogP contribution in [0.15, 0.2) is 42.7 Å². The Balaban J connectivity index is 1.65. The van der Waals surface area contributed by atoms with E-state index in [-0.39, 0.29) is 0 Å². The van der Waals surface area contributed by atoms with E-state index in [1.165, 1.54) is 102 Å². The molecule has 1 aromatic carbocycles. The number of rotatable bonds is 18. The summed E-state index contributed by atoms with van der Waals surface area (Å²) in [5.41, 5.74) is 1.46. The first-order valence-corrected chi connectivity index (χ1v) is 13.0. The van der Waals surface area contributed by atoms with Gasteiger partial charge in [-0.05, 0) is 31.2 Å². The van der Waals surface area contributed by atoms with Crippen LogP contribution < -0.4 is 4.57 Å². The highest BCUT2D eigenvalue weighted by atomic mass is 15.1. The number of nitrogens with zero attached hydrogens (tertiary/aromatic N) is 2. The van der Waals surface area contributed by atoms with Gasteiger partial charge in [-0.2, -0.15) is 0 Å². The minimum absolute atomic E-state index is 1.14. The van der Waals surface area contributed by atoms with Gasteiger partial charge < -0.3 is 0 Å². The number of aryl methyl sites for hydroxylation is 3. The predicted molar refractivity (Wildman–Crippen MR) is 130 cm³/mol. The number of unbranched alkanes of at least 4 members (excludes halogenated alkanes) is 10. The van der Waals surface area contributed by atoms with Crippen LogP contribution in [0.4, 0.5) is 0 Å². The van der Waals surface area contributed by atoms with Gasteiger partial charge in [-0.15, -0.1) is 0 Å². The van der Waals surface area contributed by atoms with Crippen molar-refractivity contribution in [3.8, 4) is 0 Å². The summed E-state index contributed by atoms with van der Waals surface area (Å²) in [5, 5.41) is 0. The number of benzene rings is 1. The SMILES string of the molecule is CCCCCCCCCCCCCc1n(CCC)cc[n+]1CCCc1ccccc1. The molecule has 0 unspecified atom stereocenters. The van der Waals surface area contributed by atoms with Crippen LogP contribution in [0.5, 0.6) is 0 Å². The Bertz CT molecular complexity index is 644. The summed E-state index contributed by atoms with van der Waals surface area (Å²) in [4.78, 5) is 0. The molecule has 0 aliphatic rings. The molecule has 2 aromatic rings. The third-order valence-corrected chi connectivity index (χ3v) is 6.27. The van der Waals surface area contributed by atoms with Crippen LogP contribution in [0.2, 0.25) is 0 Å². The van der Waals surface area contributed by atoms with Gasteiger partial charge in [-0.1, -0.05) is 108 Å². The zero-order chi connectivity index (χ0) is 21.3. The second-order valence-electron chi connectivity index (χ2n) is 8.98. The Hall–Kier alpha value is -1.57. The van der Waals surface area contributed by atoms with Crippen LogP contribution in [0.25, 0.3) is 0 Å². The third-order valence-electron chi connectivity index (χ3n) is 6.27. The maximum absolute atomic E-state index is 2.52. The lowest BCUT2D eigenvalue weighted by Crippen LogP contribution is -2.37. The topological polar surface area (TPSA) is 8.81 Å². The predicted octanol–water partition coefficient (Wildman–Crippen LogP) is 7.67. The van der Waals surface area contributed by atoms with E-state index in [2.05, 4.69) is 65.7 Å². The molecule has 0 N–H and O–H groups in total. The summed E-state index contributed by atoms with van der Waals surface area (Å²) >= 11 is 0. The van der Waals surface area contributed by atoms with Gasteiger partial charge in [-0.3, -0.25) is 0 Å². The Labute approximate surface area is 186 Å². The molecule has 1 heterocycles. The molecule has 0 atom stereocenters. The molecule has 2 heteroatoms. The standard InChI is InChI=1S/C28H47N2/c1-3-5-6-7-8-9-10-11-12-13-17-22-28-29(23-4-2)25-26-30(28)24-18-21-27-19-15-14-16-20-27/h14-16,19-20,25-26H,3-13,17-18,21-24H2,1-2H3/q+1. The van der Waals surface area contributed by atoms with E-state index < -0.39 is 0 Å². The molecule has 0 aliphatic carbocycles. The van der Waals surface area contributed by atoms with Gasteiger partial charge in [0.2, 0.25) is 0 Å². The van der Waals surface area contributed by atoms with Crippen molar-refractivity contribution in [2.45, 2.75) is 123 Å². The average Bonchev–Trinajstić information content (AvgIpc) is 3.14. The van der Waals surface area contributed by atoms with Crippen molar-refractivity contribution >= 4 is 0 Å². The van der Waals surface area contributed by atoms with Crippen LogP contribution in [0.1, 0.15) is 109 Å². The van der Waals surface area contributed by atoms with E-state index in [1.54, 1.807) is 5.82 Å². The first kappa shape index (κ1) is 24.7. The second kappa shape index (κ2) is 16.2. The van der Waals surface area contributed by atoms with Gasteiger partial charge in [0.15, 0.2) is 0 Å². The van der Waals surface area contributed by atoms with Gasteiger partial charge in [0.05, 0.1) is 13.1 Å². The van der Waals surface area contributed by atoms with Crippen molar-refractivity contribution in [3.63, 3.8) is 0 Å². The van der Waals surface area contributed by atoms with Crippen molar-refractivity contribution in [3.05, 3.63) is 54.1 Å². The first-order chi connectivity index (χ1) is 14.8. The highest BCUT2D eigenvalue weighted by Gasteiger charge is 2.16. The van der Waals surface area contributed by atoms with Crippen LogP contribution in [-0.4, -0.2) is 4.57 Å². The number of aromatic nitrogens is 2. The Morgan fingerprint density at radius 2 is 1.30 bits per heavy atom. The van der Waals surface area contributed by atoms with Crippen molar-refractivity contribution in [2.24, 2.45) is 0 Å². The van der Waals surface area contributed by atoms with E-state index in [4.69, 9.17) is 0 Å².